The first-order valence-electron chi connectivity index (χ1n) is 8.54. The van der Waals surface area contributed by atoms with Crippen LogP contribution < -0.4 is 10.1 Å². The number of aromatic nitrogens is 1. The molecule has 1 heterocycles. The van der Waals surface area contributed by atoms with Crippen LogP contribution in [0.2, 0.25) is 5.02 Å². The van der Waals surface area contributed by atoms with Crippen LogP contribution in [-0.2, 0) is 0 Å². The van der Waals surface area contributed by atoms with Gasteiger partial charge in [0.2, 0.25) is 0 Å². The zero-order valence-electron chi connectivity index (χ0n) is 15.3. The van der Waals surface area contributed by atoms with Crippen LogP contribution in [0.4, 0.5) is 0 Å². The lowest BCUT2D eigenvalue weighted by Crippen LogP contribution is -2.42. The summed E-state index contributed by atoms with van der Waals surface area (Å²) >= 11 is 6.39. The number of nitrogens with one attached hydrogen (secondary N) is 1. The van der Waals surface area contributed by atoms with Crippen molar-refractivity contribution in [1.29, 1.82) is 0 Å². The number of carbonyl (C=O) groups is 1. The van der Waals surface area contributed by atoms with Gasteiger partial charge in [-0.3, -0.25) is 9.69 Å². The first-order chi connectivity index (χ1) is 12.0. The average molecular weight is 364 g/mol. The number of carbonyl (C=O) groups excluding carboxylic acids is 1. The molecule has 0 bridgehead atoms. The normalized spacial score (nSPS) is 12.2. The number of halogens is 1. The van der Waals surface area contributed by atoms with Gasteiger partial charge < -0.3 is 14.6 Å². The molecule has 0 radical (unpaired) electrons. The van der Waals surface area contributed by atoms with Gasteiger partial charge in [0.15, 0.2) is 0 Å². The van der Waals surface area contributed by atoms with Gasteiger partial charge in [-0.05, 0) is 38.2 Å². The molecule has 5 nitrogen and oxygen atoms in total. The number of amides is 1. The Hall–Kier alpha value is -1.98. The van der Waals surface area contributed by atoms with Crippen LogP contribution in [-0.4, -0.2) is 48.2 Å². The molecule has 6 heteroatoms. The maximum absolute atomic E-state index is 12.6. The summed E-state index contributed by atoms with van der Waals surface area (Å²) in [7, 11) is 1.55. The van der Waals surface area contributed by atoms with E-state index in [4.69, 9.17) is 16.3 Å². The molecule has 0 aliphatic heterocycles. The second-order valence-corrected chi connectivity index (χ2v) is 6.28. The summed E-state index contributed by atoms with van der Waals surface area (Å²) in [5, 5.41) is 3.48. The molecule has 0 aliphatic carbocycles. The van der Waals surface area contributed by atoms with E-state index in [-0.39, 0.29) is 11.9 Å². The Labute approximate surface area is 154 Å². The van der Waals surface area contributed by atoms with Crippen molar-refractivity contribution < 1.29 is 9.53 Å². The molecule has 2 rings (SSSR count). The molecule has 0 spiro atoms. The van der Waals surface area contributed by atoms with Crippen molar-refractivity contribution in [2.45, 2.75) is 26.8 Å². The summed E-state index contributed by atoms with van der Waals surface area (Å²) in [4.78, 5) is 14.9. The van der Waals surface area contributed by atoms with Gasteiger partial charge in [-0.2, -0.15) is 0 Å². The van der Waals surface area contributed by atoms with E-state index in [1.54, 1.807) is 19.2 Å². The third-order valence-electron chi connectivity index (χ3n) is 4.39. The number of likely N-dealkylation sites (N-methyl/N-ethyl adjacent to an activating group) is 1. The van der Waals surface area contributed by atoms with Crippen molar-refractivity contribution in [3.8, 4) is 11.4 Å². The van der Waals surface area contributed by atoms with E-state index in [0.717, 1.165) is 18.8 Å². The largest absolute Gasteiger partial charge is 0.496 e. The van der Waals surface area contributed by atoms with Gasteiger partial charge in [0, 0.05) is 31.0 Å². The number of rotatable bonds is 8. The highest BCUT2D eigenvalue weighted by molar-refractivity contribution is 6.33. The van der Waals surface area contributed by atoms with Gasteiger partial charge in [-0.25, -0.2) is 0 Å². The van der Waals surface area contributed by atoms with Gasteiger partial charge in [0.1, 0.15) is 5.75 Å². The SMILES string of the molecule is CCN(CC)C(C)CNC(=O)c1cc(Cl)c(-n2cccc2)cc1OC. The molecule has 25 heavy (non-hydrogen) atoms. The van der Waals surface area contributed by atoms with Gasteiger partial charge in [-0.15, -0.1) is 0 Å². The van der Waals surface area contributed by atoms with E-state index in [0.29, 0.717) is 22.9 Å². The Morgan fingerprint density at radius 3 is 2.48 bits per heavy atom. The minimum Gasteiger partial charge on any atom is -0.496 e. The van der Waals surface area contributed by atoms with Crippen LogP contribution in [0.25, 0.3) is 5.69 Å². The molecule has 1 N–H and O–H groups in total. The number of methoxy groups -OCH3 is 1. The van der Waals surface area contributed by atoms with E-state index >= 15 is 0 Å². The molecule has 1 aromatic carbocycles. The predicted molar refractivity (Wildman–Crippen MR) is 102 cm³/mol. The van der Waals surface area contributed by atoms with Crippen LogP contribution in [0.1, 0.15) is 31.1 Å². The Morgan fingerprint density at radius 2 is 1.92 bits per heavy atom. The number of ether oxygens (including phenoxy) is 1. The van der Waals surface area contributed by atoms with Crippen molar-refractivity contribution in [1.82, 2.24) is 14.8 Å². The van der Waals surface area contributed by atoms with Gasteiger partial charge in [0.25, 0.3) is 5.91 Å². The van der Waals surface area contributed by atoms with Gasteiger partial charge in [-0.1, -0.05) is 25.4 Å². The van der Waals surface area contributed by atoms with Crippen molar-refractivity contribution in [3.63, 3.8) is 0 Å². The monoisotopic (exact) mass is 363 g/mol. The number of hydrogen-bond donors (Lipinski definition) is 1. The smallest absolute Gasteiger partial charge is 0.255 e. The number of benzene rings is 1. The lowest BCUT2D eigenvalue weighted by molar-refractivity contribution is 0.0935. The molecule has 136 valence electrons. The summed E-state index contributed by atoms with van der Waals surface area (Å²) in [5.74, 6) is 0.318. The molecule has 1 atom stereocenters. The fraction of sp³-hybridized carbons (Fsp3) is 0.421. The minimum atomic E-state index is -0.184. The summed E-state index contributed by atoms with van der Waals surface area (Å²) < 4.78 is 7.30. The molecule has 1 amide bonds. The molecule has 0 aliphatic rings. The highest BCUT2D eigenvalue weighted by Crippen LogP contribution is 2.30. The zero-order chi connectivity index (χ0) is 18.4. The molecule has 0 fully saturated rings. The van der Waals surface area contributed by atoms with Crippen LogP contribution in [0.3, 0.4) is 0 Å². The van der Waals surface area contributed by atoms with Crippen LogP contribution in [0, 0.1) is 0 Å². The van der Waals surface area contributed by atoms with Crippen molar-refractivity contribution >= 4 is 17.5 Å². The first kappa shape index (κ1) is 19.3. The van der Waals surface area contributed by atoms with Crippen LogP contribution >= 0.6 is 11.6 Å². The average Bonchev–Trinajstić information content (AvgIpc) is 3.14. The third-order valence-corrected chi connectivity index (χ3v) is 4.69. The standard InChI is InChI=1S/C19H26ClN3O2/c1-5-22(6-2)14(3)13-21-19(24)15-11-16(20)17(12-18(15)25-4)23-9-7-8-10-23/h7-12,14H,5-6,13H2,1-4H3,(H,21,24). The maximum Gasteiger partial charge on any atom is 0.255 e. The quantitative estimate of drug-likeness (QED) is 0.779. The molecule has 1 unspecified atom stereocenters. The Balaban J connectivity index is 2.18. The van der Waals surface area contributed by atoms with Gasteiger partial charge in [0.05, 0.1) is 23.4 Å². The summed E-state index contributed by atoms with van der Waals surface area (Å²) in [6.07, 6.45) is 3.79. The second-order valence-electron chi connectivity index (χ2n) is 5.87. The topological polar surface area (TPSA) is 46.5 Å². The summed E-state index contributed by atoms with van der Waals surface area (Å²) in [6.45, 7) is 8.81. The fourth-order valence-corrected chi connectivity index (χ4v) is 3.15. The molecular formula is C19H26ClN3O2. The first-order valence-corrected chi connectivity index (χ1v) is 8.92. The van der Waals surface area contributed by atoms with Crippen molar-refractivity contribution in [2.75, 3.05) is 26.7 Å². The molecule has 0 saturated heterocycles. The number of hydrogen-bond acceptors (Lipinski definition) is 3. The van der Waals surface area contributed by atoms with Crippen molar-refractivity contribution in [3.05, 3.63) is 47.2 Å². The second kappa shape index (κ2) is 8.92. The van der Waals surface area contributed by atoms with Crippen molar-refractivity contribution in [2.24, 2.45) is 0 Å². The molecule has 2 aromatic rings. The molecule has 1 aromatic heterocycles. The Kier molecular flexibility index (Phi) is 6.91. The van der Waals surface area contributed by atoms with E-state index in [1.807, 2.05) is 29.1 Å². The zero-order valence-corrected chi connectivity index (χ0v) is 16.0. The summed E-state index contributed by atoms with van der Waals surface area (Å²) in [6, 6.07) is 7.54. The van der Waals surface area contributed by atoms with E-state index in [2.05, 4.69) is 31.0 Å². The third kappa shape index (κ3) is 4.55. The van der Waals surface area contributed by atoms with E-state index in [9.17, 15) is 4.79 Å². The Bertz CT molecular complexity index is 697. The fourth-order valence-electron chi connectivity index (χ4n) is 2.89. The molecule has 0 saturated carbocycles. The predicted octanol–water partition coefficient (Wildman–Crippen LogP) is 3.60. The van der Waals surface area contributed by atoms with Crippen LogP contribution in [0.5, 0.6) is 5.75 Å². The highest BCUT2D eigenvalue weighted by Gasteiger charge is 2.18. The van der Waals surface area contributed by atoms with Gasteiger partial charge >= 0.3 is 0 Å². The Morgan fingerprint density at radius 1 is 1.28 bits per heavy atom. The highest BCUT2D eigenvalue weighted by atomic mass is 35.5. The summed E-state index contributed by atoms with van der Waals surface area (Å²) in [5.41, 5.74) is 1.21. The molecular weight excluding hydrogens is 338 g/mol. The van der Waals surface area contributed by atoms with Crippen LogP contribution in [0.15, 0.2) is 36.7 Å². The number of nitrogens with zero attached hydrogens (tertiary/aromatic N) is 2. The lowest BCUT2D eigenvalue weighted by Gasteiger charge is -2.26. The minimum absolute atomic E-state index is 0.184. The lowest BCUT2D eigenvalue weighted by atomic mass is 10.1. The van der Waals surface area contributed by atoms with E-state index in [1.165, 1.54) is 0 Å². The van der Waals surface area contributed by atoms with E-state index < -0.39 is 0 Å². The maximum atomic E-state index is 12.6.